The van der Waals surface area contributed by atoms with Crippen molar-refractivity contribution in [1.29, 1.82) is 0 Å². The Morgan fingerprint density at radius 1 is 0.357 bits per heavy atom. The first kappa shape index (κ1) is 88.2. The highest BCUT2D eigenvalue weighted by Gasteiger charge is 2.35. The maximum atomic E-state index is 13.3. The van der Waals surface area contributed by atoms with E-state index in [0.717, 1.165) is 71.8 Å². The zero-order valence-electron chi connectivity index (χ0n) is 66.6. The van der Waals surface area contributed by atoms with E-state index in [0.29, 0.717) is 173 Å². The average molecular weight is 1690 g/mol. The minimum atomic E-state index is -0.515. The maximum absolute atomic E-state index is 13.3. The van der Waals surface area contributed by atoms with Crippen LogP contribution in [0.5, 0.6) is 17.6 Å². The molecule has 3 saturated heterocycles. The van der Waals surface area contributed by atoms with Gasteiger partial charge < -0.3 is 72.5 Å². The van der Waals surface area contributed by atoms with Gasteiger partial charge in [-0.2, -0.15) is 0 Å². The van der Waals surface area contributed by atoms with Gasteiger partial charge >= 0.3 is 17.9 Å². The molecule has 6 heterocycles. The van der Waals surface area contributed by atoms with Gasteiger partial charge in [0.1, 0.15) is 16.7 Å². The lowest BCUT2D eigenvalue weighted by Gasteiger charge is -2.37. The number of aromatic nitrogens is 3. The summed E-state index contributed by atoms with van der Waals surface area (Å²) < 4.78 is 34.6. The standard InChI is InChI=1S/C29H35ClN4O4.C28H31Cl3N4O4.C28H32Cl2N4O4/c1-5-37-29(36)25-26(33-14-16-34(17-15-33)28(35)21-8-10-22(30)11-9-21)23-19-20(2)7-12-24(23)31-27(25)38-18-6-13-32(3)4;1-4-38-28(37)24-25(20-17-19(29)7-9-23(20)32-26(24)39-15-5-10-33(2)3)34-11-13-35(14-12-34)27(36)18-6-8-21(30)22(31)16-18;1-4-37-28(36)24-25(33-13-15-34(16-14-33)27(35)19-6-8-20(29)9-7-19)22-18-21(30)10-11-23(22)31-26(24)38-17-5-12-32(2)3/h7-12,19H,5-6,13-18H2,1-4H3;6-9,16-17H,4-5,10-15H2,1-3H3;6-11,18H,4-5,12-17H2,1-3H3. The van der Waals surface area contributed by atoms with Gasteiger partial charge in [0.05, 0.1) is 83.3 Å². The van der Waals surface area contributed by atoms with E-state index in [1.54, 1.807) is 116 Å². The van der Waals surface area contributed by atoms with Crippen LogP contribution >= 0.6 is 69.6 Å². The van der Waals surface area contributed by atoms with Crippen molar-refractivity contribution in [2.45, 2.75) is 47.0 Å². The molecule has 30 heteroatoms. The number of anilines is 3. The fraction of sp³-hybridized carbons (Fsp3) is 0.400. The van der Waals surface area contributed by atoms with Gasteiger partial charge in [0, 0.05) is 151 Å². The smallest absolute Gasteiger partial charge is 0.345 e. The van der Waals surface area contributed by atoms with Gasteiger partial charge in [-0.1, -0.05) is 81.2 Å². The Morgan fingerprint density at radius 2 is 0.652 bits per heavy atom. The van der Waals surface area contributed by atoms with Crippen molar-refractivity contribution in [2.75, 3.05) is 195 Å². The summed E-state index contributed by atoms with van der Waals surface area (Å²) in [5.41, 5.74) is 7.74. The molecule has 0 radical (unpaired) electrons. The van der Waals surface area contributed by atoms with Crippen molar-refractivity contribution in [2.24, 2.45) is 0 Å². The van der Waals surface area contributed by atoms with Gasteiger partial charge in [-0.15, -0.1) is 0 Å². The number of halogens is 6. The monoisotopic (exact) mass is 1690 g/mol. The van der Waals surface area contributed by atoms with Crippen molar-refractivity contribution in [3.05, 3.63) is 190 Å². The van der Waals surface area contributed by atoms with Crippen LogP contribution in [0.3, 0.4) is 0 Å². The van der Waals surface area contributed by atoms with Crippen LogP contribution in [0.25, 0.3) is 32.7 Å². The van der Waals surface area contributed by atoms with Crippen LogP contribution in [-0.4, -0.2) is 260 Å². The van der Waals surface area contributed by atoms with Crippen molar-refractivity contribution < 1.29 is 57.2 Å². The van der Waals surface area contributed by atoms with Gasteiger partial charge in [0.15, 0.2) is 0 Å². The third-order valence-electron chi connectivity index (χ3n) is 19.3. The summed E-state index contributed by atoms with van der Waals surface area (Å²) in [5.74, 6) is -0.942. The molecule has 0 unspecified atom stereocenters. The second kappa shape index (κ2) is 42.1. The van der Waals surface area contributed by atoms with Crippen LogP contribution in [0, 0.1) is 6.92 Å². The SMILES string of the molecule is CCOC(=O)c1c(OCCCN(C)C)nc2ccc(C)cc2c1N1CCN(C(=O)c2ccc(Cl)cc2)CC1.CCOC(=O)c1c(OCCCN(C)C)nc2ccc(Cl)cc2c1N1CCN(C(=O)c2ccc(Cl)c(Cl)c2)CC1.CCOC(=O)c1c(OCCCN(C)C)nc2ccc(Cl)cc2c1N1CCN(C(=O)c2ccc(Cl)cc2)CC1. The molecule has 0 bridgehead atoms. The first-order valence-corrected chi connectivity index (χ1v) is 40.7. The Balaban J connectivity index is 0.000000182. The number of amides is 3. The summed E-state index contributed by atoms with van der Waals surface area (Å²) in [6.07, 6.45) is 2.33. The molecule has 0 N–H and O–H groups in total. The number of hydrogen-bond donors (Lipinski definition) is 0. The zero-order chi connectivity index (χ0) is 82.6. The maximum Gasteiger partial charge on any atom is 0.345 e. The molecule has 0 saturated carbocycles. The minimum Gasteiger partial charge on any atom is -0.477 e. The van der Waals surface area contributed by atoms with E-state index in [1.165, 1.54) is 0 Å². The summed E-state index contributed by atoms with van der Waals surface area (Å²) in [6.45, 7) is 17.7. The van der Waals surface area contributed by atoms with Crippen LogP contribution in [-0.2, 0) is 14.2 Å². The predicted octanol–water partition coefficient (Wildman–Crippen LogP) is 15.3. The van der Waals surface area contributed by atoms with Gasteiger partial charge in [0.2, 0.25) is 17.6 Å². The Morgan fingerprint density at radius 3 is 0.965 bits per heavy atom. The van der Waals surface area contributed by atoms with Crippen LogP contribution in [0.1, 0.15) is 108 Å². The van der Waals surface area contributed by atoms with E-state index >= 15 is 0 Å². The number of rotatable bonds is 27. The highest BCUT2D eigenvalue weighted by Crippen LogP contribution is 2.42. The normalized spacial score (nSPS) is 13.7. The van der Waals surface area contributed by atoms with E-state index in [-0.39, 0.29) is 66.3 Å². The van der Waals surface area contributed by atoms with Gasteiger partial charge in [0.25, 0.3) is 17.7 Å². The molecule has 612 valence electrons. The lowest BCUT2D eigenvalue weighted by Crippen LogP contribution is -2.49. The molecule has 3 aliphatic rings. The molecule has 9 aromatic rings. The number of carbonyl (C=O) groups is 6. The summed E-state index contributed by atoms with van der Waals surface area (Å²) in [7, 11) is 12.0. The highest BCUT2D eigenvalue weighted by atomic mass is 35.5. The van der Waals surface area contributed by atoms with E-state index in [4.69, 9.17) is 103 Å². The molecule has 0 spiro atoms. The van der Waals surface area contributed by atoms with Crippen LogP contribution in [0.15, 0.2) is 121 Å². The van der Waals surface area contributed by atoms with Gasteiger partial charge in [-0.3, -0.25) is 14.4 Å². The minimum absolute atomic E-state index is 0.0349. The molecule has 6 aromatic carbocycles. The van der Waals surface area contributed by atoms with E-state index < -0.39 is 17.9 Å². The van der Waals surface area contributed by atoms with Crippen LogP contribution in [0.4, 0.5) is 17.1 Å². The summed E-state index contributed by atoms with van der Waals surface area (Å²) in [4.78, 5) is 111. The molecular weight excluding hydrogens is 1590 g/mol. The van der Waals surface area contributed by atoms with Crippen LogP contribution < -0.4 is 28.9 Å². The molecule has 3 aliphatic heterocycles. The molecule has 3 fully saturated rings. The van der Waals surface area contributed by atoms with Crippen LogP contribution in [0.2, 0.25) is 30.1 Å². The second-order valence-electron chi connectivity index (χ2n) is 28.4. The quantitative estimate of drug-likeness (QED) is 0.0265. The van der Waals surface area contributed by atoms with Crippen molar-refractivity contribution in [1.82, 2.24) is 44.4 Å². The zero-order valence-corrected chi connectivity index (χ0v) is 71.1. The Labute approximate surface area is 701 Å². The number of ether oxygens (including phenoxy) is 6. The lowest BCUT2D eigenvalue weighted by atomic mass is 10.0. The highest BCUT2D eigenvalue weighted by molar-refractivity contribution is 6.42. The molecule has 0 aliphatic carbocycles. The number of piperazine rings is 3. The number of nitrogens with zero attached hydrogens (tertiary/aromatic N) is 12. The molecule has 3 amide bonds. The molecule has 115 heavy (non-hydrogen) atoms. The lowest BCUT2D eigenvalue weighted by molar-refractivity contribution is 0.0511. The molecule has 24 nitrogen and oxygen atoms in total. The summed E-state index contributed by atoms with van der Waals surface area (Å²) >= 11 is 36.9. The molecule has 12 rings (SSSR count). The first-order valence-electron chi connectivity index (χ1n) is 38.4. The first-order chi connectivity index (χ1) is 55.2. The summed E-state index contributed by atoms with van der Waals surface area (Å²) in [6, 6.07) is 35.5. The Bertz CT molecular complexity index is 4700. The number of esters is 3. The van der Waals surface area contributed by atoms with E-state index in [2.05, 4.69) is 39.4 Å². The third-order valence-corrected chi connectivity index (χ3v) is 21.0. The number of hydrogen-bond acceptors (Lipinski definition) is 21. The van der Waals surface area contributed by atoms with E-state index in [1.807, 2.05) is 90.5 Å². The van der Waals surface area contributed by atoms with Gasteiger partial charge in [-0.25, -0.2) is 29.3 Å². The predicted molar refractivity (Wildman–Crippen MR) is 458 cm³/mol. The molecular formula is C85H98Cl6N12O12. The Kier molecular flexibility index (Phi) is 32.3. The summed E-state index contributed by atoms with van der Waals surface area (Å²) in [5, 5.41) is 5.28. The third kappa shape index (κ3) is 23.1. The number of fused-ring (bicyclic) bond motifs is 3. The topological polar surface area (TPSA) is 226 Å². The second-order valence-corrected chi connectivity index (χ2v) is 31.0. The largest absolute Gasteiger partial charge is 0.477 e. The fourth-order valence-electron chi connectivity index (χ4n) is 13.6. The van der Waals surface area contributed by atoms with Crippen molar-refractivity contribution in [3.8, 4) is 17.6 Å². The van der Waals surface area contributed by atoms with Gasteiger partial charge in [-0.05, 0) is 205 Å². The molecule has 3 aromatic heterocycles. The van der Waals surface area contributed by atoms with Crippen molar-refractivity contribution in [3.63, 3.8) is 0 Å². The fourth-order valence-corrected chi connectivity index (χ4v) is 14.5. The number of pyridine rings is 3. The molecule has 0 atom stereocenters. The van der Waals surface area contributed by atoms with Crippen molar-refractivity contribution >= 4 is 155 Å². The Hall–Kier alpha value is -9.21. The number of aryl methyl sites for hydroxylation is 1. The number of carbonyl (C=O) groups excluding carboxylic acids is 6. The number of benzene rings is 6. The van der Waals surface area contributed by atoms with E-state index in [9.17, 15) is 28.8 Å². The average Bonchev–Trinajstić information content (AvgIpc) is 0.765.